The minimum atomic E-state index is 0.272. The van der Waals surface area contributed by atoms with Gasteiger partial charge in [-0.05, 0) is 51.3 Å². The molecule has 1 fully saturated rings. The van der Waals surface area contributed by atoms with Gasteiger partial charge in [0.2, 0.25) is 0 Å². The molecule has 0 N–H and O–H groups in total. The molecule has 2 aliphatic rings. The Labute approximate surface area is 120 Å². The van der Waals surface area contributed by atoms with Crippen LogP contribution < -0.4 is 4.74 Å². The van der Waals surface area contributed by atoms with Crippen molar-refractivity contribution in [3.8, 4) is 5.75 Å². The predicted molar refractivity (Wildman–Crippen MR) is 79.5 cm³/mol. The summed E-state index contributed by atoms with van der Waals surface area (Å²) < 4.78 is 5.93. The van der Waals surface area contributed by atoms with E-state index < -0.39 is 0 Å². The summed E-state index contributed by atoms with van der Waals surface area (Å²) in [7, 11) is 0. The Balaban J connectivity index is 1.54. The van der Waals surface area contributed by atoms with E-state index in [1.165, 1.54) is 25.9 Å². The Morgan fingerprint density at radius 3 is 2.80 bits per heavy atom. The molecule has 0 amide bonds. The first-order valence-corrected chi connectivity index (χ1v) is 7.85. The first-order chi connectivity index (χ1) is 9.84. The van der Waals surface area contributed by atoms with Gasteiger partial charge in [0.1, 0.15) is 5.75 Å². The fraction of sp³-hybridized carbons (Fsp3) is 0.588. The maximum absolute atomic E-state index is 11.9. The molecular weight excluding hydrogens is 250 g/mol. The topological polar surface area (TPSA) is 29.5 Å². The van der Waals surface area contributed by atoms with Gasteiger partial charge >= 0.3 is 0 Å². The summed E-state index contributed by atoms with van der Waals surface area (Å²) in [5.74, 6) is 1.20. The molecule has 3 nitrogen and oxygen atoms in total. The fourth-order valence-corrected chi connectivity index (χ4v) is 3.26. The molecule has 0 atom stereocenters. The van der Waals surface area contributed by atoms with Crippen molar-refractivity contribution in [1.29, 1.82) is 0 Å². The number of hydrogen-bond acceptors (Lipinski definition) is 3. The van der Waals surface area contributed by atoms with Gasteiger partial charge in [-0.2, -0.15) is 0 Å². The van der Waals surface area contributed by atoms with Crippen LogP contribution in [0.25, 0.3) is 0 Å². The second kappa shape index (κ2) is 6.40. The summed E-state index contributed by atoms with van der Waals surface area (Å²) in [6.45, 7) is 4.37. The van der Waals surface area contributed by atoms with E-state index in [-0.39, 0.29) is 5.78 Å². The molecular formula is C17H23NO2. The molecule has 0 aromatic heterocycles. The minimum Gasteiger partial charge on any atom is -0.493 e. The van der Waals surface area contributed by atoms with E-state index in [4.69, 9.17) is 4.74 Å². The Bertz CT molecular complexity index is 478. The molecule has 20 heavy (non-hydrogen) atoms. The van der Waals surface area contributed by atoms with Crippen LogP contribution in [0.15, 0.2) is 18.2 Å². The van der Waals surface area contributed by atoms with Gasteiger partial charge in [0.15, 0.2) is 5.78 Å². The van der Waals surface area contributed by atoms with Crippen LogP contribution in [-0.4, -0.2) is 36.9 Å². The lowest BCUT2D eigenvalue weighted by Crippen LogP contribution is -2.22. The van der Waals surface area contributed by atoms with E-state index in [9.17, 15) is 4.79 Å². The van der Waals surface area contributed by atoms with Gasteiger partial charge in [-0.1, -0.05) is 12.1 Å². The van der Waals surface area contributed by atoms with Gasteiger partial charge in [-0.25, -0.2) is 0 Å². The van der Waals surface area contributed by atoms with Crippen LogP contribution in [0.1, 0.15) is 48.0 Å². The predicted octanol–water partition coefficient (Wildman–Crippen LogP) is 3.07. The van der Waals surface area contributed by atoms with Crippen molar-refractivity contribution >= 4 is 5.78 Å². The number of carbonyl (C=O) groups is 1. The van der Waals surface area contributed by atoms with Crippen molar-refractivity contribution in [2.24, 2.45) is 0 Å². The Morgan fingerprint density at radius 1 is 1.10 bits per heavy atom. The van der Waals surface area contributed by atoms with Crippen LogP contribution in [-0.2, 0) is 6.42 Å². The number of Topliss-reactive ketones (excluding diaryl/α,β-unsaturated/α-hetero) is 1. The highest BCUT2D eigenvalue weighted by molar-refractivity contribution is 5.99. The van der Waals surface area contributed by atoms with Gasteiger partial charge in [-0.15, -0.1) is 0 Å². The molecule has 1 aromatic rings. The van der Waals surface area contributed by atoms with Crippen molar-refractivity contribution in [2.45, 2.75) is 38.5 Å². The van der Waals surface area contributed by atoms with E-state index in [0.717, 1.165) is 49.3 Å². The lowest BCUT2D eigenvalue weighted by atomic mass is 9.90. The molecule has 1 aliphatic carbocycles. The number of rotatable bonds is 5. The average Bonchev–Trinajstić information content (AvgIpc) is 2.98. The summed E-state index contributed by atoms with van der Waals surface area (Å²) in [6, 6.07) is 5.89. The zero-order valence-electron chi connectivity index (χ0n) is 12.1. The van der Waals surface area contributed by atoms with Crippen molar-refractivity contribution < 1.29 is 9.53 Å². The second-order valence-electron chi connectivity index (χ2n) is 5.81. The van der Waals surface area contributed by atoms with Crippen LogP contribution in [0, 0.1) is 0 Å². The quantitative estimate of drug-likeness (QED) is 0.772. The molecule has 108 valence electrons. The number of nitrogens with zero attached hydrogens (tertiary/aromatic N) is 1. The van der Waals surface area contributed by atoms with E-state index in [1.54, 1.807) is 0 Å². The molecule has 0 saturated carbocycles. The van der Waals surface area contributed by atoms with Crippen molar-refractivity contribution in [2.75, 3.05) is 26.2 Å². The molecule has 1 aromatic carbocycles. The molecule has 0 spiro atoms. The number of fused-ring (bicyclic) bond motifs is 1. The Hall–Kier alpha value is -1.35. The Morgan fingerprint density at radius 2 is 1.95 bits per heavy atom. The molecule has 0 unspecified atom stereocenters. The standard InChI is InChI=1S/C17H23NO2/c19-16-8-3-7-15-14(16)6-4-9-17(15)20-13-5-12-18-10-1-2-11-18/h4,6,9H,1-3,5,7-8,10-13H2. The first kappa shape index (κ1) is 13.6. The molecule has 1 heterocycles. The third-order valence-corrected chi connectivity index (χ3v) is 4.34. The third-order valence-electron chi connectivity index (χ3n) is 4.34. The summed E-state index contributed by atoms with van der Waals surface area (Å²) in [5.41, 5.74) is 2.01. The van der Waals surface area contributed by atoms with Crippen LogP contribution >= 0.6 is 0 Å². The SMILES string of the molecule is O=C1CCCc2c(OCCCN3CCCC3)cccc21. The smallest absolute Gasteiger partial charge is 0.163 e. The zero-order valence-corrected chi connectivity index (χ0v) is 12.1. The van der Waals surface area contributed by atoms with Crippen LogP contribution in [0.4, 0.5) is 0 Å². The third kappa shape index (κ3) is 3.04. The molecule has 0 radical (unpaired) electrons. The number of carbonyl (C=O) groups excluding carboxylic acids is 1. The monoisotopic (exact) mass is 273 g/mol. The normalized spacial score (nSPS) is 19.1. The van der Waals surface area contributed by atoms with Gasteiger partial charge in [0.25, 0.3) is 0 Å². The maximum Gasteiger partial charge on any atom is 0.163 e. The largest absolute Gasteiger partial charge is 0.493 e. The van der Waals surface area contributed by atoms with Crippen molar-refractivity contribution in [1.82, 2.24) is 4.90 Å². The number of ether oxygens (including phenoxy) is 1. The van der Waals surface area contributed by atoms with Crippen molar-refractivity contribution in [3.63, 3.8) is 0 Å². The van der Waals surface area contributed by atoms with Gasteiger partial charge in [0, 0.05) is 24.1 Å². The first-order valence-electron chi connectivity index (χ1n) is 7.85. The van der Waals surface area contributed by atoms with Gasteiger partial charge < -0.3 is 9.64 Å². The maximum atomic E-state index is 11.9. The lowest BCUT2D eigenvalue weighted by Gasteiger charge is -2.19. The van der Waals surface area contributed by atoms with Crippen LogP contribution in [0.5, 0.6) is 5.75 Å². The highest BCUT2D eigenvalue weighted by atomic mass is 16.5. The van der Waals surface area contributed by atoms with Crippen LogP contribution in [0.3, 0.4) is 0 Å². The minimum absolute atomic E-state index is 0.272. The van der Waals surface area contributed by atoms with Gasteiger partial charge in [0.05, 0.1) is 6.61 Å². The van der Waals surface area contributed by atoms with Crippen LogP contribution in [0.2, 0.25) is 0 Å². The summed E-state index contributed by atoms with van der Waals surface area (Å²) >= 11 is 0. The van der Waals surface area contributed by atoms with E-state index >= 15 is 0 Å². The van der Waals surface area contributed by atoms with Crippen molar-refractivity contribution in [3.05, 3.63) is 29.3 Å². The fourth-order valence-electron chi connectivity index (χ4n) is 3.26. The summed E-state index contributed by atoms with van der Waals surface area (Å²) in [5, 5.41) is 0. The molecule has 3 rings (SSSR count). The molecule has 1 saturated heterocycles. The van der Waals surface area contributed by atoms with E-state index in [0.29, 0.717) is 6.42 Å². The molecule has 1 aliphatic heterocycles. The number of benzene rings is 1. The zero-order chi connectivity index (χ0) is 13.8. The highest BCUT2D eigenvalue weighted by Gasteiger charge is 2.20. The molecule has 3 heteroatoms. The number of likely N-dealkylation sites (tertiary alicyclic amines) is 1. The second-order valence-corrected chi connectivity index (χ2v) is 5.81. The van der Waals surface area contributed by atoms with Gasteiger partial charge in [-0.3, -0.25) is 4.79 Å². The van der Waals surface area contributed by atoms with E-state index in [1.807, 2.05) is 18.2 Å². The highest BCUT2D eigenvalue weighted by Crippen LogP contribution is 2.29. The lowest BCUT2D eigenvalue weighted by molar-refractivity contribution is 0.0971. The average molecular weight is 273 g/mol. The number of ketones is 1. The number of hydrogen-bond donors (Lipinski definition) is 0. The van der Waals surface area contributed by atoms with E-state index in [2.05, 4.69) is 4.90 Å². The summed E-state index contributed by atoms with van der Waals surface area (Å²) in [4.78, 5) is 14.4. The molecule has 0 bridgehead atoms. The Kier molecular flexibility index (Phi) is 4.36. The summed E-state index contributed by atoms with van der Waals surface area (Å²) in [6.07, 6.45) is 6.37.